The van der Waals surface area contributed by atoms with E-state index in [1.165, 1.54) is 0 Å². The van der Waals surface area contributed by atoms with E-state index >= 15 is 0 Å². The fourth-order valence-corrected chi connectivity index (χ4v) is 2.30. The molecule has 0 aliphatic rings. The van der Waals surface area contributed by atoms with Gasteiger partial charge in [-0.3, -0.25) is 9.78 Å². The van der Waals surface area contributed by atoms with Crippen LogP contribution in [0.3, 0.4) is 0 Å². The smallest absolute Gasteiger partial charge is 0.225 e. The van der Waals surface area contributed by atoms with Crippen LogP contribution < -0.4 is 10.6 Å². The molecule has 6 heteroatoms. The van der Waals surface area contributed by atoms with E-state index in [4.69, 9.17) is 23.2 Å². The third-order valence-electron chi connectivity index (χ3n) is 2.71. The molecule has 1 aromatic carbocycles. The standard InChI is InChI=1S/C15H15Cl2N3O/c16-11-7-12(17)9-14(8-11)20-15(21)4-6-18-10-13-3-1-2-5-19-13/h1-3,5,7-9,18H,4,6,10H2,(H,20,21). The van der Waals surface area contributed by atoms with Gasteiger partial charge in [0.15, 0.2) is 0 Å². The molecule has 0 radical (unpaired) electrons. The number of amides is 1. The first-order chi connectivity index (χ1) is 10.1. The molecule has 0 saturated heterocycles. The van der Waals surface area contributed by atoms with Crippen LogP contribution in [-0.2, 0) is 11.3 Å². The van der Waals surface area contributed by atoms with Crippen molar-refractivity contribution in [1.82, 2.24) is 10.3 Å². The molecule has 1 amide bonds. The molecule has 0 fully saturated rings. The predicted molar refractivity (Wildman–Crippen MR) is 85.7 cm³/mol. The van der Waals surface area contributed by atoms with Gasteiger partial charge in [0.1, 0.15) is 0 Å². The maximum Gasteiger partial charge on any atom is 0.225 e. The molecule has 1 heterocycles. The van der Waals surface area contributed by atoms with Gasteiger partial charge in [-0.1, -0.05) is 29.3 Å². The number of nitrogens with one attached hydrogen (secondary N) is 2. The summed E-state index contributed by atoms with van der Waals surface area (Å²) in [5.41, 5.74) is 1.54. The summed E-state index contributed by atoms with van der Waals surface area (Å²) in [5.74, 6) is -0.0955. The minimum Gasteiger partial charge on any atom is -0.326 e. The molecular formula is C15H15Cl2N3O. The molecule has 2 aromatic rings. The van der Waals surface area contributed by atoms with E-state index in [9.17, 15) is 4.79 Å². The summed E-state index contributed by atoms with van der Waals surface area (Å²) >= 11 is 11.7. The number of carbonyl (C=O) groups excluding carboxylic acids is 1. The Hall–Kier alpha value is -1.62. The minimum absolute atomic E-state index is 0.0955. The van der Waals surface area contributed by atoms with Crippen molar-refractivity contribution < 1.29 is 4.79 Å². The van der Waals surface area contributed by atoms with E-state index < -0.39 is 0 Å². The lowest BCUT2D eigenvalue weighted by atomic mass is 10.3. The first-order valence-corrected chi connectivity index (χ1v) is 7.25. The van der Waals surface area contributed by atoms with Crippen molar-refractivity contribution >= 4 is 34.8 Å². The molecule has 21 heavy (non-hydrogen) atoms. The predicted octanol–water partition coefficient (Wildman–Crippen LogP) is 3.51. The van der Waals surface area contributed by atoms with Crippen LogP contribution in [0.25, 0.3) is 0 Å². The van der Waals surface area contributed by atoms with Crippen molar-refractivity contribution in [1.29, 1.82) is 0 Å². The van der Waals surface area contributed by atoms with Gasteiger partial charge in [-0.05, 0) is 30.3 Å². The second-order valence-corrected chi connectivity index (χ2v) is 5.33. The summed E-state index contributed by atoms with van der Waals surface area (Å²) in [7, 11) is 0. The maximum atomic E-state index is 11.8. The number of pyridine rings is 1. The van der Waals surface area contributed by atoms with E-state index in [1.807, 2.05) is 18.2 Å². The van der Waals surface area contributed by atoms with Crippen LogP contribution in [-0.4, -0.2) is 17.4 Å². The number of nitrogens with zero attached hydrogens (tertiary/aromatic N) is 1. The first-order valence-electron chi connectivity index (χ1n) is 6.50. The Morgan fingerprint density at radius 1 is 1.14 bits per heavy atom. The number of anilines is 1. The van der Waals surface area contributed by atoms with Gasteiger partial charge < -0.3 is 10.6 Å². The summed E-state index contributed by atoms with van der Waals surface area (Å²) in [6, 6.07) is 10.7. The van der Waals surface area contributed by atoms with Crippen LogP contribution >= 0.6 is 23.2 Å². The van der Waals surface area contributed by atoms with Crippen molar-refractivity contribution in [2.45, 2.75) is 13.0 Å². The Balaban J connectivity index is 1.72. The van der Waals surface area contributed by atoms with Crippen LogP contribution in [0.15, 0.2) is 42.6 Å². The zero-order valence-corrected chi connectivity index (χ0v) is 12.8. The Labute approximate surface area is 133 Å². The summed E-state index contributed by atoms with van der Waals surface area (Å²) in [6.45, 7) is 1.20. The lowest BCUT2D eigenvalue weighted by Gasteiger charge is -2.07. The van der Waals surface area contributed by atoms with Crippen molar-refractivity contribution in [3.05, 3.63) is 58.3 Å². The fraction of sp³-hybridized carbons (Fsp3) is 0.200. The van der Waals surface area contributed by atoms with Crippen molar-refractivity contribution in [2.75, 3.05) is 11.9 Å². The highest BCUT2D eigenvalue weighted by atomic mass is 35.5. The lowest BCUT2D eigenvalue weighted by molar-refractivity contribution is -0.116. The number of benzene rings is 1. The summed E-state index contributed by atoms with van der Waals surface area (Å²) < 4.78 is 0. The lowest BCUT2D eigenvalue weighted by Crippen LogP contribution is -2.21. The largest absolute Gasteiger partial charge is 0.326 e. The molecule has 1 aromatic heterocycles. The highest BCUT2D eigenvalue weighted by Crippen LogP contribution is 2.22. The molecule has 4 nitrogen and oxygen atoms in total. The van der Waals surface area contributed by atoms with Crippen molar-refractivity contribution in [2.24, 2.45) is 0 Å². The van der Waals surface area contributed by atoms with E-state index in [0.717, 1.165) is 5.69 Å². The van der Waals surface area contributed by atoms with Crippen molar-refractivity contribution in [3.63, 3.8) is 0 Å². The normalized spacial score (nSPS) is 10.4. The topological polar surface area (TPSA) is 54.0 Å². The highest BCUT2D eigenvalue weighted by molar-refractivity contribution is 6.35. The monoisotopic (exact) mass is 323 g/mol. The van der Waals surface area contributed by atoms with Crippen molar-refractivity contribution in [3.8, 4) is 0 Å². The number of halogens is 2. The zero-order chi connectivity index (χ0) is 15.1. The average molecular weight is 324 g/mol. The summed E-state index contributed by atoms with van der Waals surface area (Å²) in [4.78, 5) is 16.0. The quantitative estimate of drug-likeness (QED) is 0.800. The van der Waals surface area contributed by atoms with Gasteiger partial charge in [0, 0.05) is 41.4 Å². The van der Waals surface area contributed by atoms with Gasteiger partial charge in [0.2, 0.25) is 5.91 Å². The Kier molecular flexibility index (Phi) is 5.99. The molecule has 2 rings (SSSR count). The Morgan fingerprint density at radius 2 is 1.90 bits per heavy atom. The molecular weight excluding hydrogens is 309 g/mol. The third-order valence-corrected chi connectivity index (χ3v) is 3.14. The fourth-order valence-electron chi connectivity index (χ4n) is 1.77. The van der Waals surface area contributed by atoms with Gasteiger partial charge >= 0.3 is 0 Å². The van der Waals surface area contributed by atoms with E-state index in [2.05, 4.69) is 15.6 Å². The summed E-state index contributed by atoms with van der Waals surface area (Å²) in [5, 5.41) is 6.91. The minimum atomic E-state index is -0.0955. The molecule has 0 aliphatic heterocycles. The molecule has 0 unspecified atom stereocenters. The second-order valence-electron chi connectivity index (χ2n) is 4.45. The molecule has 0 spiro atoms. The Bertz CT molecular complexity index is 585. The number of hydrogen-bond acceptors (Lipinski definition) is 3. The van der Waals surface area contributed by atoms with Gasteiger partial charge in [-0.15, -0.1) is 0 Å². The van der Waals surface area contributed by atoms with Crippen LogP contribution in [0.5, 0.6) is 0 Å². The molecule has 2 N–H and O–H groups in total. The van der Waals surface area contributed by atoms with Gasteiger partial charge in [-0.2, -0.15) is 0 Å². The number of rotatable bonds is 6. The van der Waals surface area contributed by atoms with Crippen LogP contribution in [0, 0.1) is 0 Å². The molecule has 110 valence electrons. The van der Waals surface area contributed by atoms with Crippen LogP contribution in [0.2, 0.25) is 10.0 Å². The highest BCUT2D eigenvalue weighted by Gasteiger charge is 2.04. The number of hydrogen-bond donors (Lipinski definition) is 2. The average Bonchev–Trinajstić information content (AvgIpc) is 2.43. The van der Waals surface area contributed by atoms with Gasteiger partial charge in [-0.25, -0.2) is 0 Å². The number of aromatic nitrogens is 1. The Morgan fingerprint density at radius 3 is 2.57 bits per heavy atom. The van der Waals surface area contributed by atoms with E-state index in [-0.39, 0.29) is 5.91 Å². The third kappa shape index (κ3) is 5.71. The molecule has 0 saturated carbocycles. The van der Waals surface area contributed by atoms with Crippen LogP contribution in [0.4, 0.5) is 5.69 Å². The van der Waals surface area contributed by atoms with Gasteiger partial charge in [0.25, 0.3) is 0 Å². The van der Waals surface area contributed by atoms with E-state index in [0.29, 0.717) is 35.2 Å². The summed E-state index contributed by atoms with van der Waals surface area (Å²) in [6.07, 6.45) is 2.10. The maximum absolute atomic E-state index is 11.8. The van der Waals surface area contributed by atoms with Crippen LogP contribution in [0.1, 0.15) is 12.1 Å². The number of carbonyl (C=O) groups is 1. The zero-order valence-electron chi connectivity index (χ0n) is 11.3. The SMILES string of the molecule is O=C(CCNCc1ccccn1)Nc1cc(Cl)cc(Cl)c1. The molecule has 0 aliphatic carbocycles. The molecule has 0 bridgehead atoms. The second kappa shape index (κ2) is 7.98. The van der Waals surface area contributed by atoms with Gasteiger partial charge in [0.05, 0.1) is 5.69 Å². The van der Waals surface area contributed by atoms with E-state index in [1.54, 1.807) is 24.4 Å². The molecule has 0 atom stereocenters. The first kappa shape index (κ1) is 15.8.